The zero-order valence-corrected chi connectivity index (χ0v) is 11.9. The molecule has 0 aromatic heterocycles. The van der Waals surface area contributed by atoms with Gasteiger partial charge in [0, 0.05) is 13.1 Å². The summed E-state index contributed by atoms with van der Waals surface area (Å²) in [6, 6.07) is 0. The summed E-state index contributed by atoms with van der Waals surface area (Å²) < 4.78 is 0. The number of rotatable bonds is 3. The fourth-order valence-corrected chi connectivity index (χ4v) is 3.50. The monoisotopic (exact) mass is 255 g/mol. The lowest BCUT2D eigenvalue weighted by atomic mass is 9.79. The van der Waals surface area contributed by atoms with Crippen molar-refractivity contribution >= 4 is 0 Å². The Morgan fingerprint density at radius 1 is 1.28 bits per heavy atom. The Balaban J connectivity index is 1.85. The number of aliphatic hydroxyl groups excluding tert-OH is 1. The molecule has 1 aliphatic carbocycles. The molecule has 1 saturated heterocycles. The van der Waals surface area contributed by atoms with Crippen molar-refractivity contribution < 1.29 is 10.2 Å². The lowest BCUT2D eigenvalue weighted by Gasteiger charge is -2.42. The number of aliphatic hydroxyl groups is 2. The van der Waals surface area contributed by atoms with Gasteiger partial charge in [0.1, 0.15) is 0 Å². The van der Waals surface area contributed by atoms with Gasteiger partial charge >= 0.3 is 0 Å². The second-order valence-electron chi connectivity index (χ2n) is 6.78. The molecular formula is C15H29NO2. The summed E-state index contributed by atoms with van der Waals surface area (Å²) >= 11 is 0. The van der Waals surface area contributed by atoms with E-state index >= 15 is 0 Å². The van der Waals surface area contributed by atoms with Crippen molar-refractivity contribution in [3.63, 3.8) is 0 Å². The third kappa shape index (κ3) is 3.69. The average molecular weight is 255 g/mol. The topological polar surface area (TPSA) is 43.7 Å². The lowest BCUT2D eigenvalue weighted by Crippen LogP contribution is -2.49. The second-order valence-corrected chi connectivity index (χ2v) is 6.78. The van der Waals surface area contributed by atoms with Gasteiger partial charge in [-0.15, -0.1) is 0 Å². The van der Waals surface area contributed by atoms with E-state index < -0.39 is 5.60 Å². The molecule has 1 heterocycles. The van der Waals surface area contributed by atoms with Crippen molar-refractivity contribution in [1.29, 1.82) is 0 Å². The first kappa shape index (κ1) is 14.3. The van der Waals surface area contributed by atoms with Crippen LogP contribution in [0.15, 0.2) is 0 Å². The molecule has 0 radical (unpaired) electrons. The van der Waals surface area contributed by atoms with Gasteiger partial charge < -0.3 is 15.1 Å². The predicted molar refractivity (Wildman–Crippen MR) is 73.4 cm³/mol. The van der Waals surface area contributed by atoms with E-state index in [1.165, 1.54) is 0 Å². The van der Waals surface area contributed by atoms with E-state index in [1.54, 1.807) is 0 Å². The molecule has 3 nitrogen and oxygen atoms in total. The summed E-state index contributed by atoms with van der Waals surface area (Å²) in [4.78, 5) is 2.37. The molecule has 0 aromatic rings. The molecule has 2 atom stereocenters. The summed E-state index contributed by atoms with van der Waals surface area (Å²) in [7, 11) is 0. The van der Waals surface area contributed by atoms with Gasteiger partial charge in [0.25, 0.3) is 0 Å². The van der Waals surface area contributed by atoms with Crippen LogP contribution in [0, 0.1) is 11.8 Å². The third-order valence-corrected chi connectivity index (χ3v) is 4.95. The molecule has 0 aromatic carbocycles. The molecular weight excluding hydrogens is 226 g/mol. The van der Waals surface area contributed by atoms with Gasteiger partial charge in [-0.1, -0.05) is 6.92 Å². The minimum absolute atomic E-state index is 0.214. The maximum atomic E-state index is 10.7. The normalized spacial score (nSPS) is 40.7. The Kier molecular flexibility index (Phi) is 4.68. The van der Waals surface area contributed by atoms with Crippen LogP contribution in [0.1, 0.15) is 52.4 Å². The standard InChI is InChI=1S/C15H29NO2/c1-12-5-7-15(18,8-6-12)11-16-9-3-4-14(10-16)13(2)17/h12-14,17-18H,3-11H2,1-2H3/t12?,13-,14-,15?/m0/s1. The summed E-state index contributed by atoms with van der Waals surface area (Å²) in [6.45, 7) is 7.02. The fraction of sp³-hybridized carbons (Fsp3) is 1.00. The molecule has 2 fully saturated rings. The highest BCUT2D eigenvalue weighted by atomic mass is 16.3. The van der Waals surface area contributed by atoms with Crippen LogP contribution in [0.4, 0.5) is 0 Å². The third-order valence-electron chi connectivity index (χ3n) is 4.95. The minimum Gasteiger partial charge on any atom is -0.393 e. The summed E-state index contributed by atoms with van der Waals surface area (Å²) in [5, 5.41) is 20.4. The first-order chi connectivity index (χ1) is 8.48. The van der Waals surface area contributed by atoms with Crippen molar-refractivity contribution in [3.05, 3.63) is 0 Å². The first-order valence-electron chi connectivity index (χ1n) is 7.61. The predicted octanol–water partition coefficient (Wildman–Crippen LogP) is 2.02. The molecule has 0 bridgehead atoms. The molecule has 106 valence electrons. The van der Waals surface area contributed by atoms with E-state index in [0.717, 1.165) is 64.1 Å². The zero-order valence-electron chi connectivity index (χ0n) is 11.9. The Bertz CT molecular complexity index is 259. The van der Waals surface area contributed by atoms with E-state index in [-0.39, 0.29) is 6.10 Å². The maximum absolute atomic E-state index is 10.7. The van der Waals surface area contributed by atoms with Crippen LogP contribution in [-0.4, -0.2) is 46.5 Å². The van der Waals surface area contributed by atoms with E-state index in [4.69, 9.17) is 0 Å². The van der Waals surface area contributed by atoms with Gasteiger partial charge in [-0.2, -0.15) is 0 Å². The SMILES string of the molecule is CC1CCC(O)(CN2CCC[C@H]([C@H](C)O)C2)CC1. The van der Waals surface area contributed by atoms with Gasteiger partial charge in [-0.05, 0) is 63.8 Å². The van der Waals surface area contributed by atoms with Crippen LogP contribution < -0.4 is 0 Å². The van der Waals surface area contributed by atoms with E-state index in [0.29, 0.717) is 5.92 Å². The van der Waals surface area contributed by atoms with Gasteiger partial charge in [0.15, 0.2) is 0 Å². The van der Waals surface area contributed by atoms with Crippen molar-refractivity contribution in [2.45, 2.75) is 64.1 Å². The summed E-state index contributed by atoms with van der Waals surface area (Å²) in [6.07, 6.45) is 6.28. The Morgan fingerprint density at radius 2 is 1.94 bits per heavy atom. The average Bonchev–Trinajstić information content (AvgIpc) is 2.33. The number of β-amino-alcohol motifs (C(OH)–C–C–N with tert-alkyl or cyclic N) is 1. The summed E-state index contributed by atoms with van der Waals surface area (Å²) in [5.41, 5.74) is -0.465. The maximum Gasteiger partial charge on any atom is 0.0774 e. The van der Waals surface area contributed by atoms with Gasteiger partial charge in [-0.25, -0.2) is 0 Å². The number of likely N-dealkylation sites (tertiary alicyclic amines) is 1. The van der Waals surface area contributed by atoms with Gasteiger partial charge in [0.2, 0.25) is 0 Å². The Labute approximate surface area is 111 Å². The zero-order chi connectivity index (χ0) is 13.2. The van der Waals surface area contributed by atoms with Crippen molar-refractivity contribution in [1.82, 2.24) is 4.90 Å². The van der Waals surface area contributed by atoms with Gasteiger partial charge in [-0.3, -0.25) is 0 Å². The number of hydrogen-bond acceptors (Lipinski definition) is 3. The molecule has 18 heavy (non-hydrogen) atoms. The van der Waals surface area contributed by atoms with Crippen LogP contribution in [0.25, 0.3) is 0 Å². The highest BCUT2D eigenvalue weighted by Crippen LogP contribution is 2.33. The van der Waals surface area contributed by atoms with E-state index in [2.05, 4.69) is 11.8 Å². The molecule has 0 spiro atoms. The minimum atomic E-state index is -0.465. The van der Waals surface area contributed by atoms with E-state index in [1.807, 2.05) is 6.92 Å². The molecule has 2 aliphatic rings. The number of piperidine rings is 1. The van der Waals surface area contributed by atoms with Crippen molar-refractivity contribution in [3.8, 4) is 0 Å². The van der Waals surface area contributed by atoms with Crippen molar-refractivity contribution in [2.24, 2.45) is 11.8 Å². The smallest absolute Gasteiger partial charge is 0.0774 e. The largest absolute Gasteiger partial charge is 0.393 e. The van der Waals surface area contributed by atoms with Crippen LogP contribution >= 0.6 is 0 Å². The molecule has 1 saturated carbocycles. The van der Waals surface area contributed by atoms with Crippen LogP contribution in [-0.2, 0) is 0 Å². The number of hydrogen-bond donors (Lipinski definition) is 2. The molecule has 1 aliphatic heterocycles. The molecule has 0 unspecified atom stereocenters. The number of nitrogens with zero attached hydrogens (tertiary/aromatic N) is 1. The molecule has 0 amide bonds. The lowest BCUT2D eigenvalue weighted by molar-refractivity contribution is -0.0489. The molecule has 2 N–H and O–H groups in total. The quantitative estimate of drug-likeness (QED) is 0.811. The Morgan fingerprint density at radius 3 is 2.56 bits per heavy atom. The van der Waals surface area contributed by atoms with Gasteiger partial charge in [0.05, 0.1) is 11.7 Å². The van der Waals surface area contributed by atoms with Crippen LogP contribution in [0.2, 0.25) is 0 Å². The van der Waals surface area contributed by atoms with Crippen molar-refractivity contribution in [2.75, 3.05) is 19.6 Å². The highest BCUT2D eigenvalue weighted by molar-refractivity contribution is 4.89. The fourth-order valence-electron chi connectivity index (χ4n) is 3.50. The summed E-state index contributed by atoms with van der Waals surface area (Å²) in [5.74, 6) is 1.17. The van der Waals surface area contributed by atoms with Crippen LogP contribution in [0.3, 0.4) is 0 Å². The first-order valence-corrected chi connectivity index (χ1v) is 7.61. The Hall–Kier alpha value is -0.120. The van der Waals surface area contributed by atoms with Crippen LogP contribution in [0.5, 0.6) is 0 Å². The highest BCUT2D eigenvalue weighted by Gasteiger charge is 2.35. The molecule has 3 heteroatoms. The molecule has 2 rings (SSSR count). The van der Waals surface area contributed by atoms with E-state index in [9.17, 15) is 10.2 Å². The second kappa shape index (κ2) is 5.89.